The highest BCUT2D eigenvalue weighted by molar-refractivity contribution is 9.09. The van der Waals surface area contributed by atoms with Gasteiger partial charge in [0.25, 0.3) is 0 Å². The Hall–Kier alpha value is -1.61. The molecular formula is C15H12BrNO. The monoisotopic (exact) mass is 301 g/mol. The smallest absolute Gasteiger partial charge is 0.221 e. The average Bonchev–Trinajstić information content (AvgIpc) is 2.63. The molecule has 0 spiro atoms. The van der Waals surface area contributed by atoms with E-state index in [9.17, 15) is 4.79 Å². The van der Waals surface area contributed by atoms with Crippen LogP contribution in [0.25, 0.3) is 11.1 Å². The number of carbonyl (C=O) groups excluding carboxylic acids is 1. The predicted molar refractivity (Wildman–Crippen MR) is 77.0 cm³/mol. The van der Waals surface area contributed by atoms with Crippen molar-refractivity contribution in [1.82, 2.24) is 0 Å². The summed E-state index contributed by atoms with van der Waals surface area (Å²) in [5.41, 5.74) is 5.85. The molecule has 3 rings (SSSR count). The molecule has 1 atom stereocenters. The Kier molecular flexibility index (Phi) is 2.71. The summed E-state index contributed by atoms with van der Waals surface area (Å²) in [7, 11) is 0. The van der Waals surface area contributed by atoms with E-state index in [4.69, 9.17) is 0 Å². The second kappa shape index (κ2) is 4.25. The Morgan fingerprint density at radius 3 is 2.61 bits per heavy atom. The highest BCUT2D eigenvalue weighted by Gasteiger charge is 2.26. The van der Waals surface area contributed by atoms with Crippen LogP contribution < -0.4 is 5.32 Å². The Morgan fingerprint density at radius 1 is 1.11 bits per heavy atom. The van der Waals surface area contributed by atoms with Gasteiger partial charge in [-0.2, -0.15) is 0 Å². The number of hydrogen-bond donors (Lipinski definition) is 1. The van der Waals surface area contributed by atoms with Crippen LogP contribution in [0.1, 0.15) is 22.9 Å². The van der Waals surface area contributed by atoms with Crippen LogP contribution in [-0.2, 0) is 4.79 Å². The molecule has 3 heteroatoms. The van der Waals surface area contributed by atoms with Crippen molar-refractivity contribution in [3.05, 3.63) is 53.6 Å². The average molecular weight is 302 g/mol. The van der Waals surface area contributed by atoms with Gasteiger partial charge in [0.2, 0.25) is 5.91 Å². The topological polar surface area (TPSA) is 29.1 Å². The van der Waals surface area contributed by atoms with Gasteiger partial charge in [0, 0.05) is 12.6 Å². The van der Waals surface area contributed by atoms with Gasteiger partial charge in [0.1, 0.15) is 0 Å². The van der Waals surface area contributed by atoms with E-state index < -0.39 is 0 Å². The molecule has 1 aliphatic rings. The second-order valence-electron chi connectivity index (χ2n) is 4.43. The van der Waals surface area contributed by atoms with Crippen LogP contribution in [0.2, 0.25) is 0 Å². The highest BCUT2D eigenvalue weighted by atomic mass is 79.9. The predicted octanol–water partition coefficient (Wildman–Crippen LogP) is 4.11. The molecule has 0 fully saturated rings. The fraction of sp³-hybridized carbons (Fsp3) is 0.133. The summed E-state index contributed by atoms with van der Waals surface area (Å²) in [5.74, 6) is -0.0448. The van der Waals surface area contributed by atoms with Crippen molar-refractivity contribution in [3.8, 4) is 11.1 Å². The number of alkyl halides is 1. The summed E-state index contributed by atoms with van der Waals surface area (Å²) in [4.78, 5) is 11.3. The molecule has 2 nitrogen and oxygen atoms in total. The molecule has 1 aliphatic carbocycles. The van der Waals surface area contributed by atoms with E-state index in [1.165, 1.54) is 29.2 Å². The third-order valence-electron chi connectivity index (χ3n) is 3.17. The van der Waals surface area contributed by atoms with Crippen LogP contribution in [0.5, 0.6) is 0 Å². The van der Waals surface area contributed by atoms with Crippen molar-refractivity contribution >= 4 is 27.5 Å². The number of carbonyl (C=O) groups is 1. The summed E-state index contributed by atoms with van der Waals surface area (Å²) in [6.45, 7) is 1.52. The lowest BCUT2D eigenvalue weighted by Crippen LogP contribution is -2.05. The van der Waals surface area contributed by atoms with Crippen molar-refractivity contribution in [2.24, 2.45) is 0 Å². The number of benzene rings is 2. The van der Waals surface area contributed by atoms with Gasteiger partial charge in [0.05, 0.1) is 4.83 Å². The zero-order valence-corrected chi connectivity index (χ0v) is 11.5. The minimum Gasteiger partial charge on any atom is -0.326 e. The van der Waals surface area contributed by atoms with Crippen LogP contribution in [0.4, 0.5) is 5.69 Å². The van der Waals surface area contributed by atoms with E-state index in [2.05, 4.69) is 45.5 Å². The molecule has 2 aromatic carbocycles. The number of fused-ring (bicyclic) bond motifs is 3. The van der Waals surface area contributed by atoms with Crippen LogP contribution in [0.3, 0.4) is 0 Å². The van der Waals surface area contributed by atoms with Crippen molar-refractivity contribution in [2.45, 2.75) is 11.8 Å². The maximum atomic E-state index is 11.1. The number of amides is 1. The maximum Gasteiger partial charge on any atom is 0.221 e. The van der Waals surface area contributed by atoms with Crippen molar-refractivity contribution in [3.63, 3.8) is 0 Å². The first kappa shape index (κ1) is 11.5. The largest absolute Gasteiger partial charge is 0.326 e. The van der Waals surface area contributed by atoms with Gasteiger partial charge >= 0.3 is 0 Å². The third kappa shape index (κ3) is 1.75. The van der Waals surface area contributed by atoms with E-state index >= 15 is 0 Å². The molecule has 0 unspecified atom stereocenters. The maximum absolute atomic E-state index is 11.1. The zero-order chi connectivity index (χ0) is 12.7. The fourth-order valence-electron chi connectivity index (χ4n) is 2.43. The molecule has 2 aromatic rings. The minimum absolute atomic E-state index is 0.0448. The SMILES string of the molecule is CC(=O)Nc1ccc2c(c1)[C@@H](Br)c1ccccc1-2. The lowest BCUT2D eigenvalue weighted by Gasteiger charge is -2.07. The van der Waals surface area contributed by atoms with E-state index in [0.717, 1.165) is 5.69 Å². The van der Waals surface area contributed by atoms with E-state index in [0.29, 0.717) is 0 Å². The first-order valence-electron chi connectivity index (χ1n) is 5.82. The van der Waals surface area contributed by atoms with Crippen LogP contribution in [0, 0.1) is 0 Å². The van der Waals surface area contributed by atoms with Crippen LogP contribution in [0.15, 0.2) is 42.5 Å². The Morgan fingerprint density at radius 2 is 1.83 bits per heavy atom. The van der Waals surface area contributed by atoms with Gasteiger partial charge < -0.3 is 5.32 Å². The first-order valence-corrected chi connectivity index (χ1v) is 6.73. The number of halogens is 1. The van der Waals surface area contributed by atoms with E-state index in [1.807, 2.05) is 18.2 Å². The molecule has 18 heavy (non-hydrogen) atoms. The molecule has 0 bridgehead atoms. The quantitative estimate of drug-likeness (QED) is 0.789. The Balaban J connectivity index is 2.10. The molecule has 0 heterocycles. The molecule has 90 valence electrons. The van der Waals surface area contributed by atoms with E-state index in [-0.39, 0.29) is 10.7 Å². The number of anilines is 1. The molecule has 0 saturated heterocycles. The standard InChI is InChI=1S/C15H12BrNO/c1-9(18)17-10-6-7-12-11-4-2-3-5-13(11)15(16)14(12)8-10/h2-8,15H,1H3,(H,17,18)/t15-/m0/s1. The Bertz CT molecular complexity index is 636. The Labute approximate surface area is 114 Å². The summed E-state index contributed by atoms with van der Waals surface area (Å²) < 4.78 is 0. The van der Waals surface area contributed by atoms with Gasteiger partial charge in [-0.15, -0.1) is 0 Å². The lowest BCUT2D eigenvalue weighted by molar-refractivity contribution is -0.114. The molecule has 1 amide bonds. The van der Waals surface area contributed by atoms with Crippen molar-refractivity contribution in [1.29, 1.82) is 0 Å². The molecule has 0 aliphatic heterocycles. The van der Waals surface area contributed by atoms with Crippen LogP contribution >= 0.6 is 15.9 Å². The van der Waals surface area contributed by atoms with Gasteiger partial charge in [-0.1, -0.05) is 46.3 Å². The molecule has 0 radical (unpaired) electrons. The summed E-state index contributed by atoms with van der Waals surface area (Å²) >= 11 is 3.72. The summed E-state index contributed by atoms with van der Waals surface area (Å²) in [6.07, 6.45) is 0. The first-order chi connectivity index (χ1) is 8.66. The van der Waals surface area contributed by atoms with Gasteiger partial charge in [-0.25, -0.2) is 0 Å². The van der Waals surface area contributed by atoms with Gasteiger partial charge in [0.15, 0.2) is 0 Å². The van der Waals surface area contributed by atoms with Crippen molar-refractivity contribution in [2.75, 3.05) is 5.32 Å². The third-order valence-corrected chi connectivity index (χ3v) is 4.16. The summed E-state index contributed by atoms with van der Waals surface area (Å²) in [6, 6.07) is 14.4. The lowest BCUT2D eigenvalue weighted by atomic mass is 10.1. The van der Waals surface area contributed by atoms with Gasteiger partial charge in [-0.3, -0.25) is 4.79 Å². The molecular weight excluding hydrogens is 290 g/mol. The fourth-order valence-corrected chi connectivity index (χ4v) is 3.21. The van der Waals surface area contributed by atoms with E-state index in [1.54, 1.807) is 0 Å². The van der Waals surface area contributed by atoms with Crippen molar-refractivity contribution < 1.29 is 4.79 Å². The summed E-state index contributed by atoms with van der Waals surface area (Å²) in [5, 5.41) is 2.82. The van der Waals surface area contributed by atoms with Crippen LogP contribution in [-0.4, -0.2) is 5.91 Å². The number of rotatable bonds is 1. The highest BCUT2D eigenvalue weighted by Crippen LogP contribution is 2.48. The zero-order valence-electron chi connectivity index (χ0n) is 9.91. The molecule has 0 aromatic heterocycles. The van der Waals surface area contributed by atoms with Gasteiger partial charge in [-0.05, 0) is 34.4 Å². The number of hydrogen-bond acceptors (Lipinski definition) is 1. The normalized spacial score (nSPS) is 16.0. The second-order valence-corrected chi connectivity index (χ2v) is 5.35. The number of nitrogens with one attached hydrogen (secondary N) is 1. The molecule has 0 saturated carbocycles. The minimum atomic E-state index is -0.0448. The molecule has 1 N–H and O–H groups in total.